The molecule has 1 unspecified atom stereocenters. The van der Waals surface area contributed by atoms with Gasteiger partial charge in [-0.3, -0.25) is 9.69 Å². The number of rotatable bonds is 8. The molecule has 9 heteroatoms. The molecule has 2 aromatic heterocycles. The van der Waals surface area contributed by atoms with Crippen molar-refractivity contribution >= 4 is 11.9 Å². The van der Waals surface area contributed by atoms with Crippen LogP contribution < -0.4 is 10.2 Å². The van der Waals surface area contributed by atoms with Crippen LogP contribution >= 0.6 is 0 Å². The third-order valence-electron chi connectivity index (χ3n) is 6.44. The fourth-order valence-corrected chi connectivity index (χ4v) is 4.50. The van der Waals surface area contributed by atoms with Crippen molar-refractivity contribution in [1.82, 2.24) is 25.2 Å². The van der Waals surface area contributed by atoms with Crippen molar-refractivity contribution in [3.8, 4) is 12.1 Å². The lowest BCUT2D eigenvalue weighted by Gasteiger charge is -2.29. The highest BCUT2D eigenvalue weighted by Gasteiger charge is 2.32. The second kappa shape index (κ2) is 11.4. The van der Waals surface area contributed by atoms with Gasteiger partial charge >= 0.3 is 0 Å². The summed E-state index contributed by atoms with van der Waals surface area (Å²) in [5, 5.41) is 21.2. The molecule has 0 radical (unpaired) electrons. The van der Waals surface area contributed by atoms with Crippen LogP contribution in [0.5, 0.6) is 0 Å². The van der Waals surface area contributed by atoms with Gasteiger partial charge in [-0.05, 0) is 50.1 Å². The zero-order chi connectivity index (χ0) is 25.5. The first kappa shape index (κ1) is 24.8. The Morgan fingerprint density at radius 2 is 1.75 bits per heavy atom. The average molecular weight is 481 g/mol. The summed E-state index contributed by atoms with van der Waals surface area (Å²) in [6.45, 7) is 7.24. The van der Waals surface area contributed by atoms with Crippen LogP contribution in [-0.4, -0.2) is 58.0 Å². The van der Waals surface area contributed by atoms with Gasteiger partial charge < -0.3 is 10.2 Å². The molecule has 1 amide bonds. The molecule has 0 aliphatic carbocycles. The van der Waals surface area contributed by atoms with Crippen molar-refractivity contribution in [1.29, 1.82) is 10.5 Å². The monoisotopic (exact) mass is 480 g/mol. The zero-order valence-electron chi connectivity index (χ0n) is 20.4. The maximum absolute atomic E-state index is 12.7. The average Bonchev–Trinajstić information content (AvgIpc) is 3.38. The lowest BCUT2D eigenvalue weighted by molar-refractivity contribution is 0.0936. The predicted molar refractivity (Wildman–Crippen MR) is 135 cm³/mol. The topological polar surface area (TPSA) is 122 Å². The Bertz CT molecular complexity index is 1260. The third kappa shape index (κ3) is 5.48. The Balaban J connectivity index is 1.54. The molecule has 1 N–H and O–H groups in total. The molecule has 1 aromatic carbocycles. The van der Waals surface area contributed by atoms with E-state index in [-0.39, 0.29) is 23.7 Å². The highest BCUT2D eigenvalue weighted by atomic mass is 16.1. The van der Waals surface area contributed by atoms with E-state index in [9.17, 15) is 10.1 Å². The van der Waals surface area contributed by atoms with E-state index in [0.29, 0.717) is 23.6 Å². The number of anilines is 1. The van der Waals surface area contributed by atoms with Crippen LogP contribution in [-0.2, 0) is 0 Å². The molecular formula is C27H28N8O. The molecule has 1 aliphatic rings. The number of benzene rings is 1. The van der Waals surface area contributed by atoms with Crippen molar-refractivity contribution in [2.75, 3.05) is 31.1 Å². The number of nitrogens with one attached hydrogen (secondary N) is 1. The van der Waals surface area contributed by atoms with Gasteiger partial charge in [-0.1, -0.05) is 12.1 Å². The van der Waals surface area contributed by atoms with E-state index in [1.807, 2.05) is 42.7 Å². The first-order valence-corrected chi connectivity index (χ1v) is 12.0. The molecule has 1 aliphatic heterocycles. The summed E-state index contributed by atoms with van der Waals surface area (Å²) in [7, 11) is 0. The van der Waals surface area contributed by atoms with E-state index in [0.717, 1.165) is 37.2 Å². The molecule has 0 bridgehead atoms. The highest BCUT2D eigenvalue weighted by Crippen LogP contribution is 2.32. The maximum atomic E-state index is 12.7. The molecule has 2 atom stereocenters. The van der Waals surface area contributed by atoms with Gasteiger partial charge in [0.05, 0.1) is 23.2 Å². The van der Waals surface area contributed by atoms with Gasteiger partial charge in [-0.25, -0.2) is 15.0 Å². The summed E-state index contributed by atoms with van der Waals surface area (Å²) in [6, 6.07) is 14.7. The number of likely N-dealkylation sites (tertiary alicyclic amines) is 1. The Hall–Kier alpha value is -4.34. The Morgan fingerprint density at radius 3 is 2.33 bits per heavy atom. The number of carbonyl (C=O) groups excluding carboxylic acids is 1. The predicted octanol–water partition coefficient (Wildman–Crippen LogP) is 3.05. The van der Waals surface area contributed by atoms with Crippen molar-refractivity contribution in [2.45, 2.75) is 32.4 Å². The van der Waals surface area contributed by atoms with E-state index < -0.39 is 0 Å². The Morgan fingerprint density at radius 1 is 1.03 bits per heavy atom. The van der Waals surface area contributed by atoms with Crippen LogP contribution in [0, 0.1) is 22.7 Å². The van der Waals surface area contributed by atoms with Crippen molar-refractivity contribution in [3.63, 3.8) is 0 Å². The van der Waals surface area contributed by atoms with Gasteiger partial charge in [-0.15, -0.1) is 0 Å². The molecular weight excluding hydrogens is 452 g/mol. The third-order valence-corrected chi connectivity index (χ3v) is 6.44. The standard InChI is InChI=1S/C27H28N8O/c1-3-34(4-2)27-31-16-22(17-32-27)25(20-7-5-19(13-28)6-8-20)35-12-11-24(18-35)33-26(36)21-9-10-23(14-29)30-15-21/h5-10,15-17,24-25H,3-4,11-12,18H2,1-2H3,(H,33,36)/t24?,25-/m1/s1. The SMILES string of the molecule is CCN(CC)c1ncc([C@@H](c2ccc(C#N)cc2)N2CCC(NC(=O)c3ccc(C#N)nc3)C2)cn1. The molecule has 0 spiro atoms. The summed E-state index contributed by atoms with van der Waals surface area (Å²) in [4.78, 5) is 30.4. The minimum absolute atomic E-state index is 0.0371. The zero-order valence-corrected chi connectivity index (χ0v) is 20.4. The van der Waals surface area contributed by atoms with Crippen molar-refractivity contribution in [3.05, 3.63) is 82.9 Å². The fourth-order valence-electron chi connectivity index (χ4n) is 4.50. The van der Waals surface area contributed by atoms with Gasteiger partial charge in [0.1, 0.15) is 11.8 Å². The van der Waals surface area contributed by atoms with Crippen LogP contribution in [0.25, 0.3) is 0 Å². The van der Waals surface area contributed by atoms with Crippen LogP contribution in [0.2, 0.25) is 0 Å². The van der Waals surface area contributed by atoms with Crippen molar-refractivity contribution in [2.24, 2.45) is 0 Å². The summed E-state index contributed by atoms with van der Waals surface area (Å²) in [5.74, 6) is 0.491. The number of carbonyl (C=O) groups is 1. The summed E-state index contributed by atoms with van der Waals surface area (Å²) in [6.07, 6.45) is 5.96. The summed E-state index contributed by atoms with van der Waals surface area (Å²) >= 11 is 0. The van der Waals surface area contributed by atoms with Crippen LogP contribution in [0.15, 0.2) is 55.0 Å². The number of hydrogen-bond acceptors (Lipinski definition) is 8. The van der Waals surface area contributed by atoms with E-state index in [4.69, 9.17) is 5.26 Å². The van der Waals surface area contributed by atoms with Crippen LogP contribution in [0.4, 0.5) is 5.95 Å². The molecule has 9 nitrogen and oxygen atoms in total. The first-order chi connectivity index (χ1) is 17.6. The Kier molecular flexibility index (Phi) is 7.84. The maximum Gasteiger partial charge on any atom is 0.253 e. The molecule has 1 saturated heterocycles. The summed E-state index contributed by atoms with van der Waals surface area (Å²) in [5.41, 5.74) is 3.30. The molecule has 1 fully saturated rings. The van der Waals surface area contributed by atoms with Gasteiger partial charge in [-0.2, -0.15) is 10.5 Å². The normalized spacial score (nSPS) is 16.1. The quantitative estimate of drug-likeness (QED) is 0.522. The number of nitrogens with zero attached hydrogens (tertiary/aromatic N) is 7. The first-order valence-electron chi connectivity index (χ1n) is 12.0. The van der Waals surface area contributed by atoms with E-state index >= 15 is 0 Å². The van der Waals surface area contributed by atoms with Gasteiger partial charge in [0, 0.05) is 56.4 Å². The molecule has 0 saturated carbocycles. The second-order valence-electron chi connectivity index (χ2n) is 8.62. The van der Waals surface area contributed by atoms with Gasteiger partial charge in [0.25, 0.3) is 5.91 Å². The molecule has 182 valence electrons. The lowest BCUT2D eigenvalue weighted by Crippen LogP contribution is -2.38. The molecule has 36 heavy (non-hydrogen) atoms. The minimum Gasteiger partial charge on any atom is -0.348 e. The number of aromatic nitrogens is 3. The molecule has 3 aromatic rings. The smallest absolute Gasteiger partial charge is 0.253 e. The van der Waals surface area contributed by atoms with E-state index in [1.165, 1.54) is 6.20 Å². The van der Waals surface area contributed by atoms with Crippen LogP contribution in [0.1, 0.15) is 59.1 Å². The van der Waals surface area contributed by atoms with E-state index in [1.54, 1.807) is 12.1 Å². The number of pyridine rings is 1. The Labute approximate surface area is 211 Å². The summed E-state index contributed by atoms with van der Waals surface area (Å²) < 4.78 is 0. The fraction of sp³-hybridized carbons (Fsp3) is 0.333. The molecule has 4 rings (SSSR count). The minimum atomic E-state index is -0.208. The number of amides is 1. The number of nitriles is 2. The molecule has 3 heterocycles. The van der Waals surface area contributed by atoms with Gasteiger partial charge in [0.15, 0.2) is 0 Å². The lowest BCUT2D eigenvalue weighted by atomic mass is 9.98. The van der Waals surface area contributed by atoms with Gasteiger partial charge in [0.2, 0.25) is 5.95 Å². The largest absolute Gasteiger partial charge is 0.348 e. The van der Waals surface area contributed by atoms with Crippen LogP contribution in [0.3, 0.4) is 0 Å². The second-order valence-corrected chi connectivity index (χ2v) is 8.62. The van der Waals surface area contributed by atoms with Crippen molar-refractivity contribution < 1.29 is 4.79 Å². The number of hydrogen-bond donors (Lipinski definition) is 1. The van der Waals surface area contributed by atoms with E-state index in [2.05, 4.69) is 50.0 Å². The highest BCUT2D eigenvalue weighted by molar-refractivity contribution is 5.94.